The van der Waals surface area contributed by atoms with Crippen LogP contribution in [0.5, 0.6) is 0 Å². The number of carbonyl (C=O) groups excluding carboxylic acids is 1. The van der Waals surface area contributed by atoms with Crippen molar-refractivity contribution < 1.29 is 4.79 Å². The number of amides is 1. The van der Waals surface area contributed by atoms with Crippen molar-refractivity contribution in [3.8, 4) is 0 Å². The number of aromatic nitrogens is 1. The average Bonchev–Trinajstić information content (AvgIpc) is 2.39. The number of benzene rings is 1. The monoisotopic (exact) mass is 260 g/mol. The largest absolute Gasteiger partial charge is 0.320 e. The molecule has 92 valence electrons. The van der Waals surface area contributed by atoms with Gasteiger partial charge >= 0.3 is 0 Å². The van der Waals surface area contributed by atoms with Crippen LogP contribution in [0.1, 0.15) is 21.6 Å². The summed E-state index contributed by atoms with van der Waals surface area (Å²) < 4.78 is 0. The van der Waals surface area contributed by atoms with Gasteiger partial charge in [-0.15, -0.1) is 11.6 Å². The summed E-state index contributed by atoms with van der Waals surface area (Å²) in [4.78, 5) is 16.2. The number of para-hydroxylation sites is 1. The number of aryl methyl sites for hydroxylation is 1. The number of alkyl halides is 1. The summed E-state index contributed by atoms with van der Waals surface area (Å²) in [5.74, 6) is 0.142. The van der Waals surface area contributed by atoms with Gasteiger partial charge in [0.05, 0.1) is 0 Å². The fraction of sp³-hybridized carbons (Fsp3) is 0.143. The molecule has 0 fully saturated rings. The molecule has 1 heterocycles. The van der Waals surface area contributed by atoms with E-state index >= 15 is 0 Å². The van der Waals surface area contributed by atoms with E-state index in [1.165, 1.54) is 0 Å². The third kappa shape index (κ3) is 2.68. The van der Waals surface area contributed by atoms with Gasteiger partial charge in [0, 0.05) is 17.8 Å². The highest BCUT2D eigenvalue weighted by molar-refractivity contribution is 6.17. The van der Waals surface area contributed by atoms with Crippen molar-refractivity contribution >= 4 is 23.2 Å². The van der Waals surface area contributed by atoms with Crippen LogP contribution in [0.15, 0.2) is 42.6 Å². The van der Waals surface area contributed by atoms with Crippen LogP contribution in [0.4, 0.5) is 5.69 Å². The molecule has 1 amide bonds. The standard InChI is InChI=1S/C14H13ClN2O/c1-10-5-4-8-16-13(10)14(18)17-12-7-3-2-6-11(12)9-15/h2-8H,9H2,1H3,(H,17,18). The van der Waals surface area contributed by atoms with Gasteiger partial charge in [-0.3, -0.25) is 9.78 Å². The minimum atomic E-state index is -0.217. The Labute approximate surface area is 111 Å². The molecule has 0 bridgehead atoms. The van der Waals surface area contributed by atoms with Crippen molar-refractivity contribution in [2.24, 2.45) is 0 Å². The molecule has 18 heavy (non-hydrogen) atoms. The number of nitrogens with zero attached hydrogens (tertiary/aromatic N) is 1. The summed E-state index contributed by atoms with van der Waals surface area (Å²) in [7, 11) is 0. The Morgan fingerprint density at radius 2 is 2.06 bits per heavy atom. The SMILES string of the molecule is Cc1cccnc1C(=O)Nc1ccccc1CCl. The van der Waals surface area contributed by atoms with Crippen LogP contribution < -0.4 is 5.32 Å². The Morgan fingerprint density at radius 3 is 2.78 bits per heavy atom. The van der Waals surface area contributed by atoms with E-state index in [0.29, 0.717) is 11.6 Å². The van der Waals surface area contributed by atoms with Crippen LogP contribution in [0.25, 0.3) is 0 Å². The normalized spacial score (nSPS) is 10.1. The predicted molar refractivity (Wildman–Crippen MR) is 72.9 cm³/mol. The van der Waals surface area contributed by atoms with Crippen molar-refractivity contribution in [3.63, 3.8) is 0 Å². The number of carbonyl (C=O) groups is 1. The van der Waals surface area contributed by atoms with Gasteiger partial charge in [-0.25, -0.2) is 0 Å². The lowest BCUT2D eigenvalue weighted by molar-refractivity contribution is 0.102. The third-order valence-electron chi connectivity index (χ3n) is 2.63. The molecular formula is C14H13ClN2O. The van der Waals surface area contributed by atoms with Crippen LogP contribution in [-0.2, 0) is 5.88 Å². The van der Waals surface area contributed by atoms with Crippen LogP contribution >= 0.6 is 11.6 Å². The van der Waals surface area contributed by atoms with Crippen molar-refractivity contribution in [3.05, 3.63) is 59.4 Å². The van der Waals surface area contributed by atoms with Crippen molar-refractivity contribution in [2.75, 3.05) is 5.32 Å². The number of nitrogens with one attached hydrogen (secondary N) is 1. The molecule has 0 unspecified atom stereocenters. The molecule has 2 rings (SSSR count). The van der Waals surface area contributed by atoms with E-state index in [0.717, 1.165) is 16.8 Å². The van der Waals surface area contributed by atoms with Crippen molar-refractivity contribution in [1.82, 2.24) is 4.98 Å². The maximum atomic E-state index is 12.1. The van der Waals surface area contributed by atoms with Gasteiger partial charge in [0.2, 0.25) is 0 Å². The molecule has 3 nitrogen and oxygen atoms in total. The van der Waals surface area contributed by atoms with Gasteiger partial charge in [-0.2, -0.15) is 0 Å². The Balaban J connectivity index is 2.24. The maximum absolute atomic E-state index is 12.1. The lowest BCUT2D eigenvalue weighted by Crippen LogP contribution is -2.15. The minimum absolute atomic E-state index is 0.217. The Bertz CT molecular complexity index is 569. The Hall–Kier alpha value is -1.87. The molecule has 0 aliphatic rings. The van der Waals surface area contributed by atoms with E-state index in [9.17, 15) is 4.79 Å². The lowest BCUT2D eigenvalue weighted by atomic mass is 10.1. The molecule has 0 aliphatic carbocycles. The smallest absolute Gasteiger partial charge is 0.274 e. The molecule has 1 N–H and O–H groups in total. The van der Waals surface area contributed by atoms with Crippen molar-refractivity contribution in [2.45, 2.75) is 12.8 Å². The molecule has 4 heteroatoms. The molecule has 1 aromatic heterocycles. The van der Waals surface area contributed by atoms with E-state index in [2.05, 4.69) is 10.3 Å². The summed E-state index contributed by atoms with van der Waals surface area (Å²) in [5, 5.41) is 2.83. The Kier molecular flexibility index (Phi) is 3.95. The van der Waals surface area contributed by atoms with Gasteiger partial charge in [-0.1, -0.05) is 24.3 Å². The molecule has 0 saturated carbocycles. The summed E-state index contributed by atoms with van der Waals surface area (Å²) in [5.41, 5.74) is 2.89. The Morgan fingerprint density at radius 1 is 1.28 bits per heavy atom. The fourth-order valence-electron chi connectivity index (χ4n) is 1.66. The van der Waals surface area contributed by atoms with Crippen LogP contribution in [0, 0.1) is 6.92 Å². The van der Waals surface area contributed by atoms with Gasteiger partial charge < -0.3 is 5.32 Å². The minimum Gasteiger partial charge on any atom is -0.320 e. The number of hydrogen-bond donors (Lipinski definition) is 1. The predicted octanol–water partition coefficient (Wildman–Crippen LogP) is 3.38. The van der Waals surface area contributed by atoms with Gasteiger partial charge in [-0.05, 0) is 30.2 Å². The zero-order valence-corrected chi connectivity index (χ0v) is 10.7. The summed E-state index contributed by atoms with van der Waals surface area (Å²) in [6.45, 7) is 1.86. The van der Waals surface area contributed by atoms with Crippen LogP contribution in [-0.4, -0.2) is 10.9 Å². The molecule has 1 aromatic carbocycles. The van der Waals surface area contributed by atoms with Gasteiger partial charge in [0.25, 0.3) is 5.91 Å². The first-order chi connectivity index (χ1) is 8.72. The second-order valence-corrected chi connectivity index (χ2v) is 4.18. The molecule has 0 spiro atoms. The second kappa shape index (κ2) is 5.65. The molecule has 0 radical (unpaired) electrons. The maximum Gasteiger partial charge on any atom is 0.274 e. The topological polar surface area (TPSA) is 42.0 Å². The molecule has 0 saturated heterocycles. The molecular weight excluding hydrogens is 248 g/mol. The third-order valence-corrected chi connectivity index (χ3v) is 2.92. The average molecular weight is 261 g/mol. The fourth-order valence-corrected chi connectivity index (χ4v) is 1.90. The van der Waals surface area contributed by atoms with E-state index in [-0.39, 0.29) is 5.91 Å². The van der Waals surface area contributed by atoms with Crippen LogP contribution in [0.3, 0.4) is 0 Å². The van der Waals surface area contributed by atoms with Gasteiger partial charge in [0.15, 0.2) is 0 Å². The first-order valence-corrected chi connectivity index (χ1v) is 6.12. The first-order valence-electron chi connectivity index (χ1n) is 5.59. The molecule has 0 atom stereocenters. The van der Waals surface area contributed by atoms with E-state index in [4.69, 9.17) is 11.6 Å². The van der Waals surface area contributed by atoms with E-state index < -0.39 is 0 Å². The number of rotatable bonds is 3. The van der Waals surface area contributed by atoms with Gasteiger partial charge in [0.1, 0.15) is 5.69 Å². The van der Waals surface area contributed by atoms with E-state index in [1.54, 1.807) is 12.3 Å². The molecule has 0 aliphatic heterocycles. The zero-order valence-electron chi connectivity index (χ0n) is 9.98. The van der Waals surface area contributed by atoms with Crippen molar-refractivity contribution in [1.29, 1.82) is 0 Å². The summed E-state index contributed by atoms with van der Waals surface area (Å²) in [6.07, 6.45) is 1.61. The van der Waals surface area contributed by atoms with E-state index in [1.807, 2.05) is 37.3 Å². The lowest BCUT2D eigenvalue weighted by Gasteiger charge is -2.09. The first kappa shape index (κ1) is 12.6. The zero-order chi connectivity index (χ0) is 13.0. The summed E-state index contributed by atoms with van der Waals surface area (Å²) >= 11 is 5.83. The highest BCUT2D eigenvalue weighted by atomic mass is 35.5. The van der Waals surface area contributed by atoms with Crippen LogP contribution in [0.2, 0.25) is 0 Å². The highest BCUT2D eigenvalue weighted by Crippen LogP contribution is 2.18. The number of pyridine rings is 1. The number of anilines is 1. The quantitative estimate of drug-likeness (QED) is 0.860. The second-order valence-electron chi connectivity index (χ2n) is 3.91. The highest BCUT2D eigenvalue weighted by Gasteiger charge is 2.11. The summed E-state index contributed by atoms with van der Waals surface area (Å²) in [6, 6.07) is 11.1. The molecule has 2 aromatic rings. The number of halogens is 1. The number of hydrogen-bond acceptors (Lipinski definition) is 2.